The van der Waals surface area contributed by atoms with Gasteiger partial charge in [0.25, 0.3) is 17.9 Å². The highest BCUT2D eigenvalue weighted by atomic mass is 35.5. The standard InChI is InChI=1S/C40H28Cl3F6N9O4S/c1-56-33-28(8-6-24(42)31(33)37(54-56)55-63(2,61)62)58-38(52-36-21(39(58)60)5-7-26(51-36)20-4-3-17(41)12-25(20)43)27(11-16-9-18(44)13-19(45)10-16)50-29(59)15-57-34-30(32(53-57)35(46)47)22-14-23(22)40(34,48)49/h3-10,12-13,22-23,27,35H,11,14-15H2,1-2H3,(H,50,59)(H,54,55)/t22?,23?,27-/m0/s1. The molecular weight excluding hydrogens is 923 g/mol. The molecule has 0 saturated heterocycles. The first-order valence-corrected chi connectivity index (χ1v) is 21.8. The quantitative estimate of drug-likeness (QED) is 0.123. The molecule has 3 atom stereocenters. The number of nitrogens with one attached hydrogen (secondary N) is 2. The van der Waals surface area contributed by atoms with Gasteiger partial charge in [-0.2, -0.15) is 19.0 Å². The lowest BCUT2D eigenvalue weighted by Gasteiger charge is -2.24. The van der Waals surface area contributed by atoms with Crippen molar-refractivity contribution in [3.63, 3.8) is 0 Å². The zero-order chi connectivity index (χ0) is 45.0. The molecule has 0 radical (unpaired) electrons. The van der Waals surface area contributed by atoms with E-state index in [-0.39, 0.29) is 72.6 Å². The van der Waals surface area contributed by atoms with Crippen molar-refractivity contribution in [3.05, 3.63) is 126 Å². The number of pyridine rings is 1. The SMILES string of the molecule is Cn1nc(NS(C)(=O)=O)c2c(Cl)ccc(-n3c([C@H](Cc4cc(F)cc(F)c4)NC(=O)Cn4nc(C(F)F)c5c4C(F)(F)C4CC54)nc4nc(-c5ccc(Cl)cc5Cl)ccc4c3=O)c21. The second-order valence-corrected chi connectivity index (χ2v) is 18.2. The summed E-state index contributed by atoms with van der Waals surface area (Å²) in [6, 6.07) is 11.2. The van der Waals surface area contributed by atoms with E-state index in [2.05, 4.69) is 25.2 Å². The minimum absolute atomic E-state index is 0.00643. The number of carbonyl (C=O) groups excluding carboxylic acids is 1. The van der Waals surface area contributed by atoms with Gasteiger partial charge in [0, 0.05) is 41.6 Å². The lowest BCUT2D eigenvalue weighted by atomic mass is 10.0. The molecule has 7 aromatic rings. The second kappa shape index (κ2) is 15.2. The van der Waals surface area contributed by atoms with Crippen LogP contribution in [0.3, 0.4) is 0 Å². The van der Waals surface area contributed by atoms with Crippen molar-refractivity contribution in [3.8, 4) is 16.9 Å². The third-order valence-electron chi connectivity index (χ3n) is 10.9. The number of aryl methyl sites for hydroxylation is 1. The summed E-state index contributed by atoms with van der Waals surface area (Å²) >= 11 is 19.2. The highest BCUT2D eigenvalue weighted by Crippen LogP contribution is 2.68. The van der Waals surface area contributed by atoms with Crippen molar-refractivity contribution < 1.29 is 39.6 Å². The summed E-state index contributed by atoms with van der Waals surface area (Å²) in [7, 11) is -2.50. The van der Waals surface area contributed by atoms with Crippen LogP contribution < -0.4 is 15.6 Å². The third kappa shape index (κ3) is 7.55. The number of aromatic nitrogens is 7. The summed E-state index contributed by atoms with van der Waals surface area (Å²) in [6.45, 7) is -1.01. The molecule has 4 heterocycles. The predicted octanol–water partition coefficient (Wildman–Crippen LogP) is 8.39. The lowest BCUT2D eigenvalue weighted by Crippen LogP contribution is -2.38. The first-order valence-electron chi connectivity index (χ1n) is 18.7. The van der Waals surface area contributed by atoms with Gasteiger partial charge in [-0.1, -0.05) is 34.8 Å². The molecule has 23 heteroatoms. The Morgan fingerprint density at radius 2 is 1.70 bits per heavy atom. The Balaban J connectivity index is 1.26. The largest absolute Gasteiger partial charge is 0.344 e. The molecule has 4 aromatic heterocycles. The molecule has 9 rings (SSSR count). The maximum absolute atomic E-state index is 15.5. The Morgan fingerprint density at radius 3 is 2.38 bits per heavy atom. The summed E-state index contributed by atoms with van der Waals surface area (Å²) in [5.41, 5.74) is -2.42. The summed E-state index contributed by atoms with van der Waals surface area (Å²) in [4.78, 5) is 38.5. The summed E-state index contributed by atoms with van der Waals surface area (Å²) < 4.78 is 119. The molecule has 0 bridgehead atoms. The van der Waals surface area contributed by atoms with E-state index >= 15 is 8.78 Å². The zero-order valence-electron chi connectivity index (χ0n) is 32.3. The molecule has 63 heavy (non-hydrogen) atoms. The number of fused-ring (bicyclic) bond motifs is 5. The lowest BCUT2D eigenvalue weighted by molar-refractivity contribution is -0.123. The van der Waals surface area contributed by atoms with Gasteiger partial charge < -0.3 is 5.32 Å². The fourth-order valence-corrected chi connectivity index (χ4v) is 9.55. The van der Waals surface area contributed by atoms with Gasteiger partial charge >= 0.3 is 0 Å². The Labute approximate surface area is 366 Å². The number of amides is 1. The van der Waals surface area contributed by atoms with Gasteiger partial charge in [0.15, 0.2) is 11.5 Å². The predicted molar refractivity (Wildman–Crippen MR) is 221 cm³/mol. The Hall–Kier alpha value is -5.70. The van der Waals surface area contributed by atoms with E-state index in [4.69, 9.17) is 39.8 Å². The Morgan fingerprint density at radius 1 is 0.968 bits per heavy atom. The van der Waals surface area contributed by atoms with E-state index in [0.29, 0.717) is 21.3 Å². The van der Waals surface area contributed by atoms with Crippen molar-refractivity contribution in [2.75, 3.05) is 11.0 Å². The highest BCUT2D eigenvalue weighted by Gasteiger charge is 2.67. The molecule has 2 N–H and O–H groups in total. The van der Waals surface area contributed by atoms with E-state index in [9.17, 15) is 35.6 Å². The number of alkyl halides is 4. The molecule has 0 spiro atoms. The number of hydrogen-bond acceptors (Lipinski definition) is 8. The highest BCUT2D eigenvalue weighted by molar-refractivity contribution is 7.92. The minimum atomic E-state index is -3.93. The number of carbonyl (C=O) groups is 1. The van der Waals surface area contributed by atoms with Crippen LogP contribution in [0.4, 0.5) is 32.2 Å². The van der Waals surface area contributed by atoms with Gasteiger partial charge in [-0.25, -0.2) is 35.9 Å². The maximum Gasteiger partial charge on any atom is 0.293 e. The van der Waals surface area contributed by atoms with Crippen molar-refractivity contribution >= 4 is 78.5 Å². The van der Waals surface area contributed by atoms with Crippen LogP contribution in [0.25, 0.3) is 38.9 Å². The molecule has 2 aliphatic carbocycles. The van der Waals surface area contributed by atoms with Crippen molar-refractivity contribution in [1.82, 2.24) is 39.4 Å². The van der Waals surface area contributed by atoms with Crippen LogP contribution in [0.1, 0.15) is 53.1 Å². The Bertz CT molecular complexity index is 3250. The second-order valence-electron chi connectivity index (χ2n) is 15.2. The minimum Gasteiger partial charge on any atom is -0.344 e. The number of anilines is 1. The third-order valence-corrected chi connectivity index (χ3v) is 12.3. The van der Waals surface area contributed by atoms with E-state index in [1.807, 2.05) is 0 Å². The Kier molecular flexibility index (Phi) is 10.3. The number of nitrogens with zero attached hydrogens (tertiary/aromatic N) is 7. The van der Waals surface area contributed by atoms with Crippen LogP contribution >= 0.6 is 34.8 Å². The average Bonchev–Trinajstić information content (AvgIpc) is 3.72. The molecule has 1 saturated carbocycles. The van der Waals surface area contributed by atoms with Gasteiger partial charge in [-0.05, 0) is 72.5 Å². The summed E-state index contributed by atoms with van der Waals surface area (Å²) in [6.07, 6.45) is -2.86. The first kappa shape index (κ1) is 42.6. The van der Waals surface area contributed by atoms with Gasteiger partial charge in [-0.3, -0.25) is 28.2 Å². The van der Waals surface area contributed by atoms with Crippen molar-refractivity contribution in [2.45, 2.75) is 43.7 Å². The van der Waals surface area contributed by atoms with Crippen LogP contribution in [0, 0.1) is 17.6 Å². The topological polar surface area (TPSA) is 159 Å². The molecule has 13 nitrogen and oxygen atoms in total. The van der Waals surface area contributed by atoms with Crippen LogP contribution in [0.2, 0.25) is 15.1 Å². The molecule has 1 amide bonds. The average molecular weight is 951 g/mol. The molecule has 2 aliphatic rings. The molecule has 1 fully saturated rings. The van der Waals surface area contributed by atoms with Crippen LogP contribution in [-0.4, -0.2) is 54.7 Å². The van der Waals surface area contributed by atoms with Gasteiger partial charge in [0.1, 0.15) is 35.4 Å². The molecule has 3 aromatic carbocycles. The van der Waals surface area contributed by atoms with Crippen LogP contribution in [0.15, 0.2) is 65.5 Å². The van der Waals surface area contributed by atoms with E-state index in [0.717, 1.165) is 23.0 Å². The molecule has 0 aliphatic heterocycles. The van der Waals surface area contributed by atoms with Crippen molar-refractivity contribution in [2.24, 2.45) is 13.0 Å². The normalized spacial score (nSPS) is 17.0. The molecule has 2 unspecified atom stereocenters. The van der Waals surface area contributed by atoms with Crippen LogP contribution in [-0.2, 0) is 40.8 Å². The van der Waals surface area contributed by atoms with Gasteiger partial charge in [0.05, 0.1) is 50.0 Å². The van der Waals surface area contributed by atoms with Gasteiger partial charge in [0.2, 0.25) is 15.9 Å². The summed E-state index contributed by atoms with van der Waals surface area (Å²) in [5.74, 6) is -9.28. The monoisotopic (exact) mass is 949 g/mol. The van der Waals surface area contributed by atoms with Crippen LogP contribution in [0.5, 0.6) is 0 Å². The van der Waals surface area contributed by atoms with E-state index in [1.165, 1.54) is 42.1 Å². The van der Waals surface area contributed by atoms with E-state index < -0.39 is 87.7 Å². The summed E-state index contributed by atoms with van der Waals surface area (Å²) in [5, 5.41) is 11.1. The number of halogens is 9. The fraction of sp³-hybridized carbons (Fsp3) is 0.250. The molecular formula is C40H28Cl3F6N9O4S. The molecule has 326 valence electrons. The first-order chi connectivity index (χ1) is 29.7. The van der Waals surface area contributed by atoms with E-state index in [1.54, 1.807) is 12.1 Å². The maximum atomic E-state index is 15.5. The zero-order valence-corrected chi connectivity index (χ0v) is 35.4. The van der Waals surface area contributed by atoms with Crippen molar-refractivity contribution in [1.29, 1.82) is 0 Å². The van der Waals surface area contributed by atoms with Gasteiger partial charge in [-0.15, -0.1) is 0 Å². The fourth-order valence-electron chi connectivity index (χ4n) is 8.31. The number of sulfonamides is 1. The number of hydrogen-bond donors (Lipinski definition) is 2. The number of rotatable bonds is 11. The smallest absolute Gasteiger partial charge is 0.293 e. The number of benzene rings is 3.